The first-order valence-electron chi connectivity index (χ1n) is 3.93. The van der Waals surface area contributed by atoms with Crippen molar-refractivity contribution in [3.05, 3.63) is 28.3 Å². The largest absolute Gasteiger partial charge is 0.478 e. The van der Waals surface area contributed by atoms with E-state index >= 15 is 0 Å². The molecule has 92 valence electrons. The minimum absolute atomic E-state index is 0.574. The molecule has 0 unspecified atom stereocenters. The maximum absolute atomic E-state index is 11.0. The van der Waals surface area contributed by atoms with Crippen LogP contribution in [0.15, 0.2) is 17.0 Å². The van der Waals surface area contributed by atoms with Gasteiger partial charge in [0, 0.05) is 0 Å². The van der Waals surface area contributed by atoms with Crippen LogP contribution >= 0.6 is 11.6 Å². The molecule has 0 aliphatic carbocycles. The Morgan fingerprint density at radius 1 is 1.12 bits per heavy atom. The van der Waals surface area contributed by atoms with Gasteiger partial charge in [0.15, 0.2) is 0 Å². The van der Waals surface area contributed by atoms with Gasteiger partial charge in [-0.1, -0.05) is 11.6 Å². The summed E-state index contributed by atoms with van der Waals surface area (Å²) in [5.41, 5.74) is -1.86. The maximum atomic E-state index is 11.0. The van der Waals surface area contributed by atoms with Crippen LogP contribution < -0.4 is 0 Å². The minimum atomic E-state index is -4.94. The van der Waals surface area contributed by atoms with Gasteiger partial charge in [-0.3, -0.25) is 4.55 Å². The number of aromatic carboxylic acids is 2. The van der Waals surface area contributed by atoms with Crippen LogP contribution in [-0.4, -0.2) is 35.1 Å². The third-order valence-electron chi connectivity index (χ3n) is 1.81. The molecule has 0 amide bonds. The average Bonchev–Trinajstić information content (AvgIpc) is 2.14. The standard InChI is InChI=1S/C8H5ClO7S/c9-4-2-1-3(7(10)11)5(8(12)13)6(4)17(14,15)16/h1-2H,(H,10,11)(H,12,13)(H,14,15,16). The van der Waals surface area contributed by atoms with Gasteiger partial charge in [0.25, 0.3) is 10.1 Å². The van der Waals surface area contributed by atoms with Crippen LogP contribution in [0.2, 0.25) is 5.02 Å². The Hall–Kier alpha value is -1.64. The maximum Gasteiger partial charge on any atom is 0.338 e. The lowest BCUT2D eigenvalue weighted by atomic mass is 10.1. The van der Waals surface area contributed by atoms with Crippen LogP contribution in [0.4, 0.5) is 0 Å². The second-order valence-electron chi connectivity index (χ2n) is 2.88. The predicted molar refractivity (Wildman–Crippen MR) is 55.2 cm³/mol. The Morgan fingerprint density at radius 2 is 1.65 bits per heavy atom. The Morgan fingerprint density at radius 3 is 2.00 bits per heavy atom. The van der Waals surface area contributed by atoms with Crippen LogP contribution in [0.5, 0.6) is 0 Å². The molecule has 0 spiro atoms. The van der Waals surface area contributed by atoms with Crippen molar-refractivity contribution in [2.45, 2.75) is 4.90 Å². The van der Waals surface area contributed by atoms with Crippen LogP contribution in [0, 0.1) is 0 Å². The molecule has 1 aromatic rings. The van der Waals surface area contributed by atoms with Crippen molar-refractivity contribution in [1.29, 1.82) is 0 Å². The van der Waals surface area contributed by atoms with E-state index in [-0.39, 0.29) is 0 Å². The number of carboxylic acid groups (broad SMARTS) is 2. The predicted octanol–water partition coefficient (Wildman–Crippen LogP) is 0.983. The molecule has 0 saturated heterocycles. The average molecular weight is 281 g/mol. The van der Waals surface area contributed by atoms with Gasteiger partial charge >= 0.3 is 11.9 Å². The SMILES string of the molecule is O=C(O)c1ccc(Cl)c(S(=O)(=O)O)c1C(=O)O. The number of hydrogen-bond acceptors (Lipinski definition) is 4. The second-order valence-corrected chi connectivity index (χ2v) is 4.65. The number of halogens is 1. The second kappa shape index (κ2) is 4.32. The smallest absolute Gasteiger partial charge is 0.338 e. The third-order valence-corrected chi connectivity index (χ3v) is 3.18. The summed E-state index contributed by atoms with van der Waals surface area (Å²) in [5.74, 6) is -3.47. The molecular formula is C8H5ClO7S. The lowest BCUT2D eigenvalue weighted by Gasteiger charge is -2.08. The lowest BCUT2D eigenvalue weighted by Crippen LogP contribution is -2.15. The fourth-order valence-electron chi connectivity index (χ4n) is 1.20. The van der Waals surface area contributed by atoms with Gasteiger partial charge < -0.3 is 10.2 Å². The summed E-state index contributed by atoms with van der Waals surface area (Å²) in [7, 11) is -4.94. The lowest BCUT2D eigenvalue weighted by molar-refractivity contribution is 0.0648. The van der Waals surface area contributed by atoms with Crippen LogP contribution in [0.25, 0.3) is 0 Å². The molecule has 1 rings (SSSR count). The first-order chi connectivity index (χ1) is 7.66. The monoisotopic (exact) mass is 280 g/mol. The summed E-state index contributed by atoms with van der Waals surface area (Å²) in [6.45, 7) is 0. The molecule has 3 N–H and O–H groups in total. The summed E-state index contributed by atoms with van der Waals surface area (Å²) in [5, 5.41) is 16.9. The molecule has 0 saturated carbocycles. The molecule has 0 heterocycles. The van der Waals surface area contributed by atoms with E-state index < -0.39 is 43.1 Å². The van der Waals surface area contributed by atoms with Gasteiger partial charge in [-0.15, -0.1) is 0 Å². The van der Waals surface area contributed by atoms with Gasteiger partial charge in [-0.2, -0.15) is 8.42 Å². The number of carboxylic acids is 2. The van der Waals surface area contributed by atoms with E-state index in [0.717, 1.165) is 12.1 Å². The summed E-state index contributed by atoms with van der Waals surface area (Å²) in [6.07, 6.45) is 0. The zero-order chi connectivity index (χ0) is 13.4. The Bertz CT molecular complexity index is 605. The van der Waals surface area contributed by atoms with Crippen molar-refractivity contribution in [2.24, 2.45) is 0 Å². The van der Waals surface area contributed by atoms with E-state index in [0.29, 0.717) is 0 Å². The number of benzene rings is 1. The molecule has 0 fully saturated rings. The van der Waals surface area contributed by atoms with Crippen molar-refractivity contribution in [2.75, 3.05) is 0 Å². The molecule has 0 radical (unpaired) electrons. The molecule has 0 aliphatic heterocycles. The zero-order valence-corrected chi connectivity index (χ0v) is 9.49. The summed E-state index contributed by atoms with van der Waals surface area (Å²) >= 11 is 5.44. The first kappa shape index (κ1) is 13.4. The topological polar surface area (TPSA) is 129 Å². The van der Waals surface area contributed by atoms with E-state index in [9.17, 15) is 18.0 Å². The summed E-state index contributed by atoms with van der Waals surface area (Å²) in [6, 6.07) is 1.71. The minimum Gasteiger partial charge on any atom is -0.478 e. The zero-order valence-electron chi connectivity index (χ0n) is 7.92. The van der Waals surface area contributed by atoms with E-state index in [2.05, 4.69) is 0 Å². The fourth-order valence-corrected chi connectivity index (χ4v) is 2.42. The first-order valence-corrected chi connectivity index (χ1v) is 5.74. The van der Waals surface area contributed by atoms with Crippen LogP contribution in [-0.2, 0) is 10.1 Å². The summed E-state index contributed by atoms with van der Waals surface area (Å²) < 4.78 is 30.8. The van der Waals surface area contributed by atoms with Crippen molar-refractivity contribution in [3.63, 3.8) is 0 Å². The third kappa shape index (κ3) is 2.54. The molecule has 0 aliphatic rings. The number of rotatable bonds is 3. The molecule has 0 atom stereocenters. The fraction of sp³-hybridized carbons (Fsp3) is 0. The van der Waals surface area contributed by atoms with Crippen molar-refractivity contribution in [1.82, 2.24) is 0 Å². The molecule has 9 heteroatoms. The highest BCUT2D eigenvalue weighted by molar-refractivity contribution is 7.86. The quantitative estimate of drug-likeness (QED) is 0.704. The van der Waals surface area contributed by atoms with Crippen LogP contribution in [0.1, 0.15) is 20.7 Å². The van der Waals surface area contributed by atoms with Gasteiger partial charge in [0.05, 0.1) is 16.1 Å². The van der Waals surface area contributed by atoms with Gasteiger partial charge in [0.2, 0.25) is 0 Å². The Labute approximate surface area is 100 Å². The molecule has 1 aromatic carbocycles. The molecular weight excluding hydrogens is 276 g/mol. The normalized spacial score (nSPS) is 11.2. The number of hydrogen-bond donors (Lipinski definition) is 3. The van der Waals surface area contributed by atoms with Crippen molar-refractivity contribution < 1.29 is 32.8 Å². The molecule has 0 aromatic heterocycles. The highest BCUT2D eigenvalue weighted by Gasteiger charge is 2.29. The highest BCUT2D eigenvalue weighted by atomic mass is 35.5. The summed E-state index contributed by atoms with van der Waals surface area (Å²) in [4.78, 5) is 20.4. The Balaban J connectivity index is 3.86. The molecule has 0 bridgehead atoms. The Kier molecular flexibility index (Phi) is 3.41. The highest BCUT2D eigenvalue weighted by Crippen LogP contribution is 2.28. The van der Waals surface area contributed by atoms with Crippen LogP contribution in [0.3, 0.4) is 0 Å². The van der Waals surface area contributed by atoms with E-state index in [1.807, 2.05) is 0 Å². The van der Waals surface area contributed by atoms with Gasteiger partial charge in [0.1, 0.15) is 4.90 Å². The van der Waals surface area contributed by atoms with Crippen molar-refractivity contribution in [3.8, 4) is 0 Å². The van der Waals surface area contributed by atoms with E-state index in [1.54, 1.807) is 0 Å². The van der Waals surface area contributed by atoms with E-state index in [1.165, 1.54) is 0 Å². The number of carbonyl (C=O) groups is 2. The van der Waals surface area contributed by atoms with Gasteiger partial charge in [-0.25, -0.2) is 9.59 Å². The molecule has 7 nitrogen and oxygen atoms in total. The van der Waals surface area contributed by atoms with E-state index in [4.69, 9.17) is 26.4 Å². The van der Waals surface area contributed by atoms with Crippen molar-refractivity contribution >= 4 is 33.7 Å². The van der Waals surface area contributed by atoms with Gasteiger partial charge in [-0.05, 0) is 12.1 Å². The molecule has 17 heavy (non-hydrogen) atoms.